The predicted molar refractivity (Wildman–Crippen MR) is 83.9 cm³/mol. The first-order valence-corrected chi connectivity index (χ1v) is 7.99. The van der Waals surface area contributed by atoms with Crippen LogP contribution in [0.1, 0.15) is 25.3 Å². The fraction of sp³-hybridized carbons (Fsp3) is 0.438. The van der Waals surface area contributed by atoms with E-state index in [1.54, 1.807) is 11.3 Å². The van der Waals surface area contributed by atoms with Gasteiger partial charge in [-0.1, -0.05) is 18.2 Å². The Labute approximate surface area is 123 Å². The molecule has 1 atom stereocenters. The number of thiophene rings is 1. The van der Waals surface area contributed by atoms with Crippen LogP contribution in [0.25, 0.3) is 10.1 Å². The van der Waals surface area contributed by atoms with E-state index >= 15 is 0 Å². The fourth-order valence-electron chi connectivity index (χ4n) is 2.31. The molecule has 1 aliphatic carbocycles. The molecule has 0 spiro atoms. The highest BCUT2D eigenvalue weighted by Gasteiger charge is 2.27. The quantitative estimate of drug-likeness (QED) is 0.917. The SMILES string of the molecule is CC(C(=O)NC1CC1)N(C)Cc1csc2ccccc12. The van der Waals surface area contributed by atoms with E-state index in [2.05, 4.69) is 39.9 Å². The first-order valence-electron chi connectivity index (χ1n) is 7.11. The van der Waals surface area contributed by atoms with Crippen LogP contribution in [-0.2, 0) is 11.3 Å². The molecule has 0 saturated heterocycles. The minimum absolute atomic E-state index is 0.0886. The molecule has 2 aromatic rings. The summed E-state index contributed by atoms with van der Waals surface area (Å²) in [5.41, 5.74) is 1.30. The lowest BCUT2D eigenvalue weighted by atomic mass is 10.1. The van der Waals surface area contributed by atoms with Gasteiger partial charge >= 0.3 is 0 Å². The van der Waals surface area contributed by atoms with Crippen molar-refractivity contribution in [2.45, 2.75) is 38.4 Å². The van der Waals surface area contributed by atoms with Gasteiger partial charge in [0.2, 0.25) is 5.91 Å². The van der Waals surface area contributed by atoms with Gasteiger partial charge < -0.3 is 5.32 Å². The normalized spacial score (nSPS) is 16.6. The number of nitrogens with one attached hydrogen (secondary N) is 1. The summed E-state index contributed by atoms with van der Waals surface area (Å²) in [6.07, 6.45) is 2.27. The second-order valence-electron chi connectivity index (χ2n) is 5.63. The number of amides is 1. The van der Waals surface area contributed by atoms with Crippen molar-refractivity contribution in [1.29, 1.82) is 0 Å². The number of rotatable bonds is 5. The van der Waals surface area contributed by atoms with Crippen LogP contribution in [0.2, 0.25) is 0 Å². The fourth-order valence-corrected chi connectivity index (χ4v) is 3.26. The summed E-state index contributed by atoms with van der Waals surface area (Å²) in [6.45, 7) is 2.79. The van der Waals surface area contributed by atoms with E-state index in [1.165, 1.54) is 15.6 Å². The minimum Gasteiger partial charge on any atom is -0.352 e. The van der Waals surface area contributed by atoms with Crippen molar-refractivity contribution in [2.75, 3.05) is 7.05 Å². The molecule has 0 radical (unpaired) electrons. The summed E-state index contributed by atoms with van der Waals surface area (Å²) < 4.78 is 1.31. The molecule has 3 nitrogen and oxygen atoms in total. The van der Waals surface area contributed by atoms with E-state index in [0.717, 1.165) is 19.4 Å². The Morgan fingerprint density at radius 3 is 2.95 bits per heavy atom. The Hall–Kier alpha value is -1.39. The number of benzene rings is 1. The summed E-state index contributed by atoms with van der Waals surface area (Å²) in [7, 11) is 2.02. The van der Waals surface area contributed by atoms with Gasteiger partial charge in [0.25, 0.3) is 0 Å². The van der Waals surface area contributed by atoms with Crippen molar-refractivity contribution >= 4 is 27.3 Å². The second kappa shape index (κ2) is 5.54. The van der Waals surface area contributed by atoms with Crippen molar-refractivity contribution in [3.8, 4) is 0 Å². The molecule has 0 aliphatic heterocycles. The average Bonchev–Trinajstić information content (AvgIpc) is 3.18. The lowest BCUT2D eigenvalue weighted by Gasteiger charge is -2.23. The Bertz CT molecular complexity index is 618. The van der Waals surface area contributed by atoms with Crippen molar-refractivity contribution < 1.29 is 4.79 Å². The number of hydrogen-bond donors (Lipinski definition) is 1. The number of carbonyl (C=O) groups excluding carboxylic acids is 1. The first kappa shape index (κ1) is 13.6. The molecule has 4 heteroatoms. The number of fused-ring (bicyclic) bond motifs is 1. The third-order valence-corrected chi connectivity index (χ3v) is 4.96. The molecule has 20 heavy (non-hydrogen) atoms. The molecule has 1 aliphatic rings. The molecular weight excluding hydrogens is 268 g/mol. The van der Waals surface area contributed by atoms with E-state index < -0.39 is 0 Å². The molecule has 106 valence electrons. The van der Waals surface area contributed by atoms with Gasteiger partial charge in [-0.15, -0.1) is 11.3 Å². The smallest absolute Gasteiger partial charge is 0.237 e. The average molecular weight is 288 g/mol. The highest BCUT2D eigenvalue weighted by atomic mass is 32.1. The van der Waals surface area contributed by atoms with Gasteiger partial charge in [-0.05, 0) is 49.2 Å². The molecule has 1 N–H and O–H groups in total. The highest BCUT2D eigenvalue weighted by molar-refractivity contribution is 7.17. The van der Waals surface area contributed by atoms with Crippen molar-refractivity contribution in [3.05, 3.63) is 35.2 Å². The third kappa shape index (κ3) is 2.86. The van der Waals surface area contributed by atoms with E-state index in [1.807, 2.05) is 14.0 Å². The van der Waals surface area contributed by atoms with Crippen LogP contribution in [0.4, 0.5) is 0 Å². The third-order valence-electron chi connectivity index (χ3n) is 3.95. The monoisotopic (exact) mass is 288 g/mol. The van der Waals surface area contributed by atoms with E-state index in [0.29, 0.717) is 6.04 Å². The van der Waals surface area contributed by atoms with Crippen LogP contribution < -0.4 is 5.32 Å². The Balaban J connectivity index is 1.68. The van der Waals surface area contributed by atoms with Crippen LogP contribution in [0.15, 0.2) is 29.6 Å². The van der Waals surface area contributed by atoms with Gasteiger partial charge in [-0.3, -0.25) is 9.69 Å². The standard InChI is InChI=1S/C16H20N2OS/c1-11(16(19)17-13-7-8-13)18(2)9-12-10-20-15-6-4-3-5-14(12)15/h3-6,10-11,13H,7-9H2,1-2H3,(H,17,19). The van der Waals surface area contributed by atoms with Crippen molar-refractivity contribution in [3.63, 3.8) is 0 Å². The van der Waals surface area contributed by atoms with Crippen LogP contribution >= 0.6 is 11.3 Å². The largest absolute Gasteiger partial charge is 0.352 e. The molecular formula is C16H20N2OS. The molecule has 0 bridgehead atoms. The predicted octanol–water partition coefficient (Wildman–Crippen LogP) is 3.00. The van der Waals surface area contributed by atoms with E-state index in [9.17, 15) is 4.79 Å². The first-order chi connectivity index (χ1) is 9.65. The van der Waals surface area contributed by atoms with Gasteiger partial charge in [0.05, 0.1) is 6.04 Å². The Morgan fingerprint density at radius 1 is 1.45 bits per heavy atom. The Kier molecular flexibility index (Phi) is 3.76. The second-order valence-corrected chi connectivity index (χ2v) is 6.54. The lowest BCUT2D eigenvalue weighted by Crippen LogP contribution is -2.43. The van der Waals surface area contributed by atoms with Crippen LogP contribution in [0.5, 0.6) is 0 Å². The molecule has 1 unspecified atom stereocenters. The van der Waals surface area contributed by atoms with Crippen molar-refractivity contribution in [1.82, 2.24) is 10.2 Å². The molecule has 1 aromatic carbocycles. The summed E-state index contributed by atoms with van der Waals surface area (Å²) in [4.78, 5) is 14.2. The van der Waals surface area contributed by atoms with Crippen LogP contribution in [0, 0.1) is 0 Å². The molecule has 3 rings (SSSR count). The van der Waals surface area contributed by atoms with Gasteiger partial charge in [0, 0.05) is 17.3 Å². The molecule has 1 amide bonds. The highest BCUT2D eigenvalue weighted by Crippen LogP contribution is 2.27. The number of likely N-dealkylation sites (N-methyl/N-ethyl adjacent to an activating group) is 1. The van der Waals surface area contributed by atoms with Gasteiger partial charge in [-0.25, -0.2) is 0 Å². The zero-order chi connectivity index (χ0) is 14.1. The number of nitrogens with zero attached hydrogens (tertiary/aromatic N) is 1. The zero-order valence-electron chi connectivity index (χ0n) is 11.9. The maximum atomic E-state index is 12.1. The molecule has 1 aromatic heterocycles. The van der Waals surface area contributed by atoms with Gasteiger partial charge in [0.1, 0.15) is 0 Å². The Morgan fingerprint density at radius 2 is 2.20 bits per heavy atom. The lowest BCUT2D eigenvalue weighted by molar-refractivity contribution is -0.125. The number of carbonyl (C=O) groups is 1. The van der Waals surface area contributed by atoms with Crippen LogP contribution in [0.3, 0.4) is 0 Å². The molecule has 1 fully saturated rings. The molecule has 1 heterocycles. The maximum absolute atomic E-state index is 12.1. The van der Waals surface area contributed by atoms with Crippen LogP contribution in [-0.4, -0.2) is 29.9 Å². The van der Waals surface area contributed by atoms with Gasteiger partial charge in [0.15, 0.2) is 0 Å². The summed E-state index contributed by atoms with van der Waals surface area (Å²) in [6, 6.07) is 8.78. The summed E-state index contributed by atoms with van der Waals surface area (Å²) in [5.74, 6) is 0.148. The van der Waals surface area contributed by atoms with E-state index in [-0.39, 0.29) is 11.9 Å². The zero-order valence-corrected chi connectivity index (χ0v) is 12.7. The minimum atomic E-state index is -0.0886. The molecule has 1 saturated carbocycles. The summed E-state index contributed by atoms with van der Waals surface area (Å²) in [5, 5.41) is 6.58. The number of hydrogen-bond acceptors (Lipinski definition) is 3. The summed E-state index contributed by atoms with van der Waals surface area (Å²) >= 11 is 1.77. The van der Waals surface area contributed by atoms with Crippen molar-refractivity contribution in [2.24, 2.45) is 0 Å². The maximum Gasteiger partial charge on any atom is 0.237 e. The topological polar surface area (TPSA) is 32.3 Å². The van der Waals surface area contributed by atoms with E-state index in [4.69, 9.17) is 0 Å². The van der Waals surface area contributed by atoms with Gasteiger partial charge in [-0.2, -0.15) is 0 Å².